The number of nitrogens with two attached hydrogens (primary N) is 1. The quantitative estimate of drug-likeness (QED) is 0.748. The molecule has 19 heavy (non-hydrogen) atoms. The third-order valence-electron chi connectivity index (χ3n) is 2.63. The topological polar surface area (TPSA) is 84.2 Å². The highest BCUT2D eigenvalue weighted by molar-refractivity contribution is 5.99. The highest BCUT2D eigenvalue weighted by atomic mass is 35.5. The van der Waals surface area contributed by atoms with Gasteiger partial charge in [0.1, 0.15) is 0 Å². The first-order chi connectivity index (χ1) is 8.58. The van der Waals surface area contributed by atoms with Crippen LogP contribution in [0.1, 0.15) is 27.6 Å². The predicted molar refractivity (Wildman–Crippen MR) is 77.6 cm³/mol. The molecule has 0 fully saturated rings. The van der Waals surface area contributed by atoms with Crippen LogP contribution in [-0.2, 0) is 0 Å². The van der Waals surface area contributed by atoms with Crippen LogP contribution in [0.5, 0.6) is 0 Å². The molecule has 1 unspecified atom stereocenters. The number of nitrogens with one attached hydrogen (secondary N) is 2. The maximum absolute atomic E-state index is 11.8. The van der Waals surface area contributed by atoms with Crippen molar-refractivity contribution in [2.45, 2.75) is 6.92 Å². The highest BCUT2D eigenvalue weighted by Crippen LogP contribution is 2.05. The molecule has 0 aliphatic rings. The zero-order chi connectivity index (χ0) is 13.5. The van der Waals surface area contributed by atoms with Crippen molar-refractivity contribution >= 4 is 24.2 Å². The van der Waals surface area contributed by atoms with E-state index in [1.807, 2.05) is 6.92 Å². The Morgan fingerprint density at radius 1 is 1.26 bits per heavy atom. The van der Waals surface area contributed by atoms with E-state index < -0.39 is 0 Å². The molecular weight excluding hydrogens is 266 g/mol. The van der Waals surface area contributed by atoms with Crippen LogP contribution in [0.15, 0.2) is 24.3 Å². The van der Waals surface area contributed by atoms with Crippen molar-refractivity contribution in [1.29, 1.82) is 0 Å². The summed E-state index contributed by atoms with van der Waals surface area (Å²) in [6.45, 7) is 3.01. The van der Waals surface area contributed by atoms with E-state index in [1.54, 1.807) is 31.3 Å². The normalized spacial score (nSPS) is 11.1. The van der Waals surface area contributed by atoms with Crippen LogP contribution in [0.25, 0.3) is 0 Å². The Balaban J connectivity index is 0.00000324. The van der Waals surface area contributed by atoms with E-state index in [1.165, 1.54) is 0 Å². The van der Waals surface area contributed by atoms with Gasteiger partial charge < -0.3 is 16.4 Å². The fourth-order valence-corrected chi connectivity index (χ4v) is 1.40. The standard InChI is InChI=1S/C13H19N3O2.ClH/c1-9(7-14)8-16-13(18)11-5-3-4-10(6-11)12(17)15-2;/h3-6,9H,7-8,14H2,1-2H3,(H,15,17)(H,16,18);1H. The number of rotatable bonds is 5. The van der Waals surface area contributed by atoms with Crippen LogP contribution < -0.4 is 16.4 Å². The molecule has 5 nitrogen and oxygen atoms in total. The molecule has 0 spiro atoms. The summed E-state index contributed by atoms with van der Waals surface area (Å²) in [4.78, 5) is 23.3. The van der Waals surface area contributed by atoms with Gasteiger partial charge in [-0.2, -0.15) is 0 Å². The molecule has 0 aromatic heterocycles. The van der Waals surface area contributed by atoms with Gasteiger partial charge >= 0.3 is 0 Å². The van der Waals surface area contributed by atoms with Crippen LogP contribution >= 0.6 is 12.4 Å². The minimum Gasteiger partial charge on any atom is -0.355 e. The van der Waals surface area contributed by atoms with E-state index in [9.17, 15) is 9.59 Å². The van der Waals surface area contributed by atoms with Crippen molar-refractivity contribution in [3.8, 4) is 0 Å². The van der Waals surface area contributed by atoms with E-state index >= 15 is 0 Å². The summed E-state index contributed by atoms with van der Waals surface area (Å²) in [5, 5.41) is 5.30. The van der Waals surface area contributed by atoms with Crippen LogP contribution in [-0.4, -0.2) is 32.0 Å². The fourth-order valence-electron chi connectivity index (χ4n) is 1.40. The van der Waals surface area contributed by atoms with Crippen molar-refractivity contribution in [2.75, 3.05) is 20.1 Å². The molecule has 0 bridgehead atoms. The van der Waals surface area contributed by atoms with Gasteiger partial charge in [-0.1, -0.05) is 13.0 Å². The predicted octanol–water partition coefficient (Wildman–Crippen LogP) is 0.793. The average molecular weight is 286 g/mol. The molecule has 106 valence electrons. The number of hydrogen-bond acceptors (Lipinski definition) is 3. The maximum Gasteiger partial charge on any atom is 0.251 e. The van der Waals surface area contributed by atoms with Crippen molar-refractivity contribution < 1.29 is 9.59 Å². The van der Waals surface area contributed by atoms with Gasteiger partial charge in [-0.25, -0.2) is 0 Å². The molecule has 1 aromatic carbocycles. The van der Waals surface area contributed by atoms with Crippen LogP contribution in [0.2, 0.25) is 0 Å². The first kappa shape index (κ1) is 17.4. The zero-order valence-electron chi connectivity index (χ0n) is 11.1. The molecule has 0 heterocycles. The van der Waals surface area contributed by atoms with Crippen LogP contribution in [0.4, 0.5) is 0 Å². The Morgan fingerprint density at radius 2 is 1.84 bits per heavy atom. The first-order valence-electron chi connectivity index (χ1n) is 5.89. The Kier molecular flexibility index (Phi) is 7.79. The lowest BCUT2D eigenvalue weighted by Gasteiger charge is -2.10. The molecule has 0 aliphatic heterocycles. The first-order valence-corrected chi connectivity index (χ1v) is 5.89. The molecule has 0 saturated carbocycles. The number of halogens is 1. The molecule has 0 radical (unpaired) electrons. The molecule has 0 aliphatic carbocycles. The van der Waals surface area contributed by atoms with Crippen LogP contribution in [0, 0.1) is 5.92 Å². The van der Waals surface area contributed by atoms with E-state index in [2.05, 4.69) is 10.6 Å². The Hall–Kier alpha value is -1.59. The van der Waals surface area contributed by atoms with Crippen molar-refractivity contribution in [1.82, 2.24) is 10.6 Å². The van der Waals surface area contributed by atoms with Gasteiger partial charge in [0.25, 0.3) is 11.8 Å². The third-order valence-corrected chi connectivity index (χ3v) is 2.63. The van der Waals surface area contributed by atoms with Gasteiger partial charge in [-0.05, 0) is 30.7 Å². The summed E-state index contributed by atoms with van der Waals surface area (Å²) >= 11 is 0. The average Bonchev–Trinajstić information content (AvgIpc) is 2.43. The summed E-state index contributed by atoms with van der Waals surface area (Å²) in [6.07, 6.45) is 0. The molecular formula is C13H20ClN3O2. The van der Waals surface area contributed by atoms with Crippen LogP contribution in [0.3, 0.4) is 0 Å². The number of amides is 2. The second-order valence-corrected chi connectivity index (χ2v) is 4.21. The zero-order valence-corrected chi connectivity index (χ0v) is 11.9. The smallest absolute Gasteiger partial charge is 0.251 e. The maximum atomic E-state index is 11.8. The third kappa shape index (κ3) is 5.28. The van der Waals surface area contributed by atoms with Gasteiger partial charge in [0, 0.05) is 24.7 Å². The van der Waals surface area contributed by atoms with Gasteiger partial charge in [0.05, 0.1) is 0 Å². The van der Waals surface area contributed by atoms with Gasteiger partial charge in [0.2, 0.25) is 0 Å². The molecule has 1 atom stereocenters. The Labute approximate surface area is 119 Å². The summed E-state index contributed by atoms with van der Waals surface area (Å²) in [6, 6.07) is 6.60. The van der Waals surface area contributed by atoms with Gasteiger partial charge in [0.15, 0.2) is 0 Å². The Bertz CT molecular complexity index is 438. The van der Waals surface area contributed by atoms with E-state index in [4.69, 9.17) is 5.73 Å². The molecule has 6 heteroatoms. The lowest BCUT2D eigenvalue weighted by molar-refractivity contribution is 0.0948. The number of carbonyl (C=O) groups is 2. The largest absolute Gasteiger partial charge is 0.355 e. The minimum atomic E-state index is -0.208. The second-order valence-electron chi connectivity index (χ2n) is 4.21. The van der Waals surface area contributed by atoms with Gasteiger partial charge in [-0.15, -0.1) is 12.4 Å². The summed E-state index contributed by atoms with van der Waals surface area (Å²) in [5.74, 6) is -0.169. The number of benzene rings is 1. The second kappa shape index (κ2) is 8.50. The summed E-state index contributed by atoms with van der Waals surface area (Å²) in [5.41, 5.74) is 6.42. The SMILES string of the molecule is CNC(=O)c1cccc(C(=O)NCC(C)CN)c1.Cl. The van der Waals surface area contributed by atoms with Crippen molar-refractivity contribution in [2.24, 2.45) is 11.7 Å². The minimum absolute atomic E-state index is 0. The number of carbonyl (C=O) groups excluding carboxylic acids is 2. The molecule has 4 N–H and O–H groups in total. The van der Waals surface area contributed by atoms with E-state index in [-0.39, 0.29) is 30.1 Å². The Morgan fingerprint density at radius 3 is 2.37 bits per heavy atom. The van der Waals surface area contributed by atoms with E-state index in [0.717, 1.165) is 0 Å². The molecule has 1 aromatic rings. The number of hydrogen-bond donors (Lipinski definition) is 3. The lowest BCUT2D eigenvalue weighted by Crippen LogP contribution is -2.31. The molecule has 1 rings (SSSR count). The van der Waals surface area contributed by atoms with E-state index in [0.29, 0.717) is 24.2 Å². The highest BCUT2D eigenvalue weighted by Gasteiger charge is 2.10. The monoisotopic (exact) mass is 285 g/mol. The fraction of sp³-hybridized carbons (Fsp3) is 0.385. The molecule has 2 amide bonds. The summed E-state index contributed by atoms with van der Waals surface area (Å²) < 4.78 is 0. The molecule has 0 saturated heterocycles. The lowest BCUT2D eigenvalue weighted by atomic mass is 10.1. The van der Waals surface area contributed by atoms with Crippen molar-refractivity contribution in [3.05, 3.63) is 35.4 Å². The van der Waals surface area contributed by atoms with Gasteiger partial charge in [-0.3, -0.25) is 9.59 Å². The summed E-state index contributed by atoms with van der Waals surface area (Å²) in [7, 11) is 1.55. The van der Waals surface area contributed by atoms with Crippen molar-refractivity contribution in [3.63, 3.8) is 0 Å².